The highest BCUT2D eigenvalue weighted by atomic mass is 16.4. The number of aliphatic hydroxyl groups is 1. The lowest BCUT2D eigenvalue weighted by Crippen LogP contribution is -2.46. The predicted molar refractivity (Wildman–Crippen MR) is 94.3 cm³/mol. The zero-order valence-corrected chi connectivity index (χ0v) is 14.8. The van der Waals surface area contributed by atoms with Gasteiger partial charge in [0, 0.05) is 18.6 Å². The molecule has 0 spiro atoms. The number of rotatable bonds is 7. The molecule has 1 saturated heterocycles. The molecule has 0 bridgehead atoms. The molecular formula is C17H28N4O5. The molecule has 0 aromatic carbocycles. The minimum atomic E-state index is -1.23. The van der Waals surface area contributed by atoms with Gasteiger partial charge in [-0.2, -0.15) is 0 Å². The Hall–Kier alpha value is -2.29. The molecule has 2 amide bonds. The summed E-state index contributed by atoms with van der Waals surface area (Å²) in [5.41, 5.74) is -0.470. The molecule has 1 saturated carbocycles. The van der Waals surface area contributed by atoms with Crippen LogP contribution in [0.1, 0.15) is 44.9 Å². The number of carbonyl (C=O) groups excluding carboxylic acids is 2. The molecule has 0 aromatic heterocycles. The summed E-state index contributed by atoms with van der Waals surface area (Å²) < 4.78 is 0. The number of piperidine rings is 1. The van der Waals surface area contributed by atoms with Crippen LogP contribution in [0.2, 0.25) is 0 Å². The normalized spacial score (nSPS) is 22.1. The maximum Gasteiger partial charge on any atom is 0.322 e. The molecule has 1 aliphatic carbocycles. The summed E-state index contributed by atoms with van der Waals surface area (Å²) >= 11 is 0. The van der Waals surface area contributed by atoms with Crippen LogP contribution in [0, 0.1) is 0 Å². The number of carboxylic acids is 1. The van der Waals surface area contributed by atoms with E-state index >= 15 is 0 Å². The van der Waals surface area contributed by atoms with E-state index in [0.717, 1.165) is 51.5 Å². The lowest BCUT2D eigenvalue weighted by atomic mass is 9.95. The van der Waals surface area contributed by atoms with E-state index in [4.69, 9.17) is 5.11 Å². The van der Waals surface area contributed by atoms with Gasteiger partial charge in [0.15, 0.2) is 5.57 Å². The molecule has 9 nitrogen and oxygen atoms in total. The van der Waals surface area contributed by atoms with E-state index in [1.165, 1.54) is 0 Å². The maximum absolute atomic E-state index is 12.6. The molecule has 9 heteroatoms. The lowest BCUT2D eigenvalue weighted by Gasteiger charge is -2.26. The van der Waals surface area contributed by atoms with Crippen LogP contribution >= 0.6 is 0 Å². The second-order valence-corrected chi connectivity index (χ2v) is 6.80. The first-order chi connectivity index (χ1) is 12.5. The van der Waals surface area contributed by atoms with Gasteiger partial charge in [0.25, 0.3) is 11.8 Å². The Morgan fingerprint density at radius 2 is 1.58 bits per heavy atom. The number of aliphatic carboxylic acids is 1. The molecule has 2 rings (SSSR count). The van der Waals surface area contributed by atoms with Crippen molar-refractivity contribution in [3.63, 3.8) is 0 Å². The summed E-state index contributed by atoms with van der Waals surface area (Å²) in [4.78, 5) is 35.6. The van der Waals surface area contributed by atoms with Crippen molar-refractivity contribution in [2.75, 3.05) is 19.6 Å². The number of carbonyl (C=O) groups is 3. The Morgan fingerprint density at radius 1 is 0.885 bits per heavy atom. The molecular weight excluding hydrogens is 340 g/mol. The Balaban J connectivity index is 2.10. The van der Waals surface area contributed by atoms with Gasteiger partial charge in [-0.1, -0.05) is 19.3 Å². The van der Waals surface area contributed by atoms with Crippen molar-refractivity contribution < 1.29 is 24.6 Å². The Morgan fingerprint density at radius 3 is 2.19 bits per heavy atom. The van der Waals surface area contributed by atoms with Crippen LogP contribution < -0.4 is 21.3 Å². The third-order valence-electron chi connectivity index (χ3n) is 4.67. The van der Waals surface area contributed by atoms with Crippen molar-refractivity contribution in [2.45, 2.75) is 57.0 Å². The summed E-state index contributed by atoms with van der Waals surface area (Å²) in [5.74, 6) is -3.34. The Kier molecular flexibility index (Phi) is 7.71. The maximum atomic E-state index is 12.6. The first-order valence-electron chi connectivity index (χ1n) is 9.18. The average Bonchev–Trinajstić information content (AvgIpc) is 2.61. The predicted octanol–water partition coefficient (Wildman–Crippen LogP) is -0.253. The number of hydrogen-bond donors (Lipinski definition) is 6. The molecule has 26 heavy (non-hydrogen) atoms. The van der Waals surface area contributed by atoms with Crippen molar-refractivity contribution >= 4 is 17.8 Å². The third-order valence-corrected chi connectivity index (χ3v) is 4.67. The first kappa shape index (κ1) is 20.0. The zero-order chi connectivity index (χ0) is 18.9. The van der Waals surface area contributed by atoms with Gasteiger partial charge in [0.05, 0.1) is 0 Å². The van der Waals surface area contributed by atoms with E-state index in [9.17, 15) is 19.5 Å². The molecule has 1 atom stereocenters. The van der Waals surface area contributed by atoms with Gasteiger partial charge < -0.3 is 31.5 Å². The van der Waals surface area contributed by atoms with Crippen molar-refractivity contribution in [1.82, 2.24) is 21.3 Å². The minimum absolute atomic E-state index is 0.0392. The van der Waals surface area contributed by atoms with Crippen molar-refractivity contribution in [3.8, 4) is 0 Å². The summed E-state index contributed by atoms with van der Waals surface area (Å²) in [6.07, 6.45) is 6.51. The van der Waals surface area contributed by atoms with E-state index in [1.807, 2.05) is 0 Å². The molecule has 0 radical (unpaired) electrons. The quantitative estimate of drug-likeness (QED) is 0.158. The van der Waals surface area contributed by atoms with E-state index < -0.39 is 35.8 Å². The average molecular weight is 368 g/mol. The zero-order valence-electron chi connectivity index (χ0n) is 14.8. The number of carboxylic acid groups (broad SMARTS) is 1. The van der Waals surface area contributed by atoms with Crippen molar-refractivity contribution in [1.29, 1.82) is 0 Å². The summed E-state index contributed by atoms with van der Waals surface area (Å²) in [6.45, 7) is 0.867. The third kappa shape index (κ3) is 6.21. The van der Waals surface area contributed by atoms with Crippen LogP contribution in [0.15, 0.2) is 11.5 Å². The van der Waals surface area contributed by atoms with Crippen LogP contribution in [0.3, 0.4) is 0 Å². The lowest BCUT2D eigenvalue weighted by molar-refractivity contribution is -0.138. The van der Waals surface area contributed by atoms with E-state index in [0.29, 0.717) is 6.54 Å². The highest BCUT2D eigenvalue weighted by Gasteiger charge is 2.28. The molecule has 1 aliphatic heterocycles. The summed E-state index contributed by atoms with van der Waals surface area (Å²) in [6, 6.07) is -0.142. The number of hydrogen-bond acceptors (Lipinski definition) is 6. The van der Waals surface area contributed by atoms with E-state index in [-0.39, 0.29) is 12.1 Å². The van der Waals surface area contributed by atoms with Crippen LogP contribution in [0.25, 0.3) is 0 Å². The number of nitrogens with one attached hydrogen (secondary N) is 4. The van der Waals surface area contributed by atoms with Crippen LogP contribution in [-0.4, -0.2) is 59.7 Å². The van der Waals surface area contributed by atoms with Crippen LogP contribution in [0.4, 0.5) is 0 Å². The van der Waals surface area contributed by atoms with Gasteiger partial charge in [-0.25, -0.2) is 0 Å². The van der Waals surface area contributed by atoms with Gasteiger partial charge in [-0.15, -0.1) is 0 Å². The first-order valence-corrected chi connectivity index (χ1v) is 9.18. The highest BCUT2D eigenvalue weighted by Crippen LogP contribution is 2.18. The second-order valence-electron chi connectivity index (χ2n) is 6.80. The van der Waals surface area contributed by atoms with Gasteiger partial charge in [-0.3, -0.25) is 14.4 Å². The van der Waals surface area contributed by atoms with E-state index in [1.54, 1.807) is 0 Å². The Bertz CT molecular complexity index is 551. The molecule has 1 heterocycles. The minimum Gasteiger partial charge on any atom is -0.494 e. The highest BCUT2D eigenvalue weighted by molar-refractivity contribution is 6.19. The molecule has 146 valence electrons. The summed E-state index contributed by atoms with van der Waals surface area (Å²) in [7, 11) is 0. The second kappa shape index (κ2) is 10.0. The molecule has 6 N–H and O–H groups in total. The van der Waals surface area contributed by atoms with E-state index in [2.05, 4.69) is 21.3 Å². The topological polar surface area (TPSA) is 140 Å². The van der Waals surface area contributed by atoms with Crippen LogP contribution in [0.5, 0.6) is 0 Å². The van der Waals surface area contributed by atoms with Crippen molar-refractivity contribution in [3.05, 3.63) is 11.5 Å². The van der Waals surface area contributed by atoms with Gasteiger partial charge >= 0.3 is 5.97 Å². The smallest absolute Gasteiger partial charge is 0.322 e. The molecule has 2 fully saturated rings. The van der Waals surface area contributed by atoms with Crippen molar-refractivity contribution in [2.24, 2.45) is 0 Å². The van der Waals surface area contributed by atoms with Gasteiger partial charge in [0.2, 0.25) is 5.88 Å². The fourth-order valence-electron chi connectivity index (χ4n) is 3.31. The Labute approximate surface area is 152 Å². The standard InChI is InChI=1S/C17H28N4O5/c22-13(23)10-19-15(24)14(16(25)20-11-5-2-1-3-6-11)17(26)21-12-7-4-8-18-9-12/h11-12,18,21,26H,1-10H2,(H,19,24)(H,20,25)(H,22,23)/b17-14+. The largest absolute Gasteiger partial charge is 0.494 e. The SMILES string of the molecule is O=C(O)CNC(=O)/C(C(=O)NC1CCCCC1)=C(\O)NC1CCCNC1. The number of aliphatic hydroxyl groups excluding tert-OH is 1. The van der Waals surface area contributed by atoms with Crippen LogP contribution in [-0.2, 0) is 14.4 Å². The number of amides is 2. The molecule has 1 unspecified atom stereocenters. The molecule has 0 aromatic rings. The van der Waals surface area contributed by atoms with Gasteiger partial charge in [-0.05, 0) is 32.2 Å². The molecule has 2 aliphatic rings. The fourth-order valence-corrected chi connectivity index (χ4v) is 3.31. The fraction of sp³-hybridized carbons (Fsp3) is 0.706. The van der Waals surface area contributed by atoms with Gasteiger partial charge in [0.1, 0.15) is 6.54 Å². The summed E-state index contributed by atoms with van der Waals surface area (Å²) in [5, 5.41) is 30.0. The monoisotopic (exact) mass is 368 g/mol.